The van der Waals surface area contributed by atoms with E-state index in [1.54, 1.807) is 29.2 Å². The van der Waals surface area contributed by atoms with Crippen LogP contribution in [0.5, 0.6) is 5.75 Å². The first-order valence-electron chi connectivity index (χ1n) is 7.72. The summed E-state index contributed by atoms with van der Waals surface area (Å²) in [5.74, 6) is 1.87. The number of nitrogens with zero attached hydrogens (tertiary/aromatic N) is 4. The Bertz CT molecular complexity index is 671. The van der Waals surface area contributed by atoms with E-state index in [0.717, 1.165) is 13.1 Å². The summed E-state index contributed by atoms with van der Waals surface area (Å²) in [6.45, 7) is 5.68. The van der Waals surface area contributed by atoms with E-state index in [4.69, 9.17) is 16.3 Å². The average molecular weight is 369 g/mol. The molecule has 1 aromatic carbocycles. The van der Waals surface area contributed by atoms with Crippen molar-refractivity contribution < 1.29 is 9.53 Å². The van der Waals surface area contributed by atoms with Crippen molar-refractivity contribution in [1.82, 2.24) is 19.7 Å². The van der Waals surface area contributed by atoms with Crippen molar-refractivity contribution in [2.45, 2.75) is 25.6 Å². The van der Waals surface area contributed by atoms with E-state index in [0.29, 0.717) is 34.1 Å². The minimum Gasteiger partial charge on any atom is -0.486 e. The zero-order valence-corrected chi connectivity index (χ0v) is 15.6. The minimum atomic E-state index is 0.104. The number of rotatable bonds is 8. The van der Waals surface area contributed by atoms with Crippen molar-refractivity contribution in [1.29, 1.82) is 0 Å². The Morgan fingerprint density at radius 1 is 1.25 bits per heavy atom. The number of benzene rings is 1. The largest absolute Gasteiger partial charge is 0.486 e. The van der Waals surface area contributed by atoms with Gasteiger partial charge < -0.3 is 14.2 Å². The summed E-state index contributed by atoms with van der Waals surface area (Å²) in [6, 6.07) is 7.15. The van der Waals surface area contributed by atoms with Crippen LogP contribution in [0.4, 0.5) is 0 Å². The predicted octanol–water partition coefficient (Wildman–Crippen LogP) is 3.01. The normalized spacial score (nSPS) is 10.7. The standard InChI is InChI=1S/C16H21ClN4O2S/c1-4-21(5-2)15(22)11-24-16-19-18-14(20(16)3)10-23-13-8-6-12(17)7-9-13/h6-9H,4-5,10-11H2,1-3H3. The Balaban J connectivity index is 1.91. The molecule has 0 saturated carbocycles. The van der Waals surface area contributed by atoms with Crippen LogP contribution < -0.4 is 4.74 Å². The highest BCUT2D eigenvalue weighted by atomic mass is 35.5. The monoisotopic (exact) mass is 368 g/mol. The van der Waals surface area contributed by atoms with Gasteiger partial charge >= 0.3 is 0 Å². The van der Waals surface area contributed by atoms with Gasteiger partial charge in [0.25, 0.3) is 0 Å². The van der Waals surface area contributed by atoms with Crippen molar-refractivity contribution >= 4 is 29.3 Å². The number of carbonyl (C=O) groups is 1. The lowest BCUT2D eigenvalue weighted by Crippen LogP contribution is -2.31. The molecule has 1 heterocycles. The maximum absolute atomic E-state index is 12.0. The Hall–Kier alpha value is -1.73. The molecule has 24 heavy (non-hydrogen) atoms. The zero-order chi connectivity index (χ0) is 17.5. The van der Waals surface area contributed by atoms with Gasteiger partial charge in [0.15, 0.2) is 11.0 Å². The van der Waals surface area contributed by atoms with Crippen molar-refractivity contribution in [3.63, 3.8) is 0 Å². The number of hydrogen-bond acceptors (Lipinski definition) is 5. The van der Waals surface area contributed by atoms with E-state index in [2.05, 4.69) is 10.2 Å². The van der Waals surface area contributed by atoms with E-state index < -0.39 is 0 Å². The van der Waals surface area contributed by atoms with Gasteiger partial charge in [-0.25, -0.2) is 0 Å². The lowest BCUT2D eigenvalue weighted by molar-refractivity contribution is -0.127. The number of halogens is 1. The molecule has 2 aromatic rings. The highest BCUT2D eigenvalue weighted by molar-refractivity contribution is 7.99. The summed E-state index contributed by atoms with van der Waals surface area (Å²) in [7, 11) is 1.87. The molecule has 0 radical (unpaired) electrons. The number of thioether (sulfide) groups is 1. The van der Waals surface area contributed by atoms with Gasteiger partial charge in [0.2, 0.25) is 5.91 Å². The van der Waals surface area contributed by atoms with Crippen molar-refractivity contribution in [2.75, 3.05) is 18.8 Å². The molecular formula is C16H21ClN4O2S. The summed E-state index contributed by atoms with van der Waals surface area (Å²) in [4.78, 5) is 13.8. The molecule has 0 aliphatic carbocycles. The second-order valence-electron chi connectivity index (χ2n) is 5.06. The van der Waals surface area contributed by atoms with E-state index in [1.165, 1.54) is 11.8 Å². The van der Waals surface area contributed by atoms with E-state index in [-0.39, 0.29) is 5.91 Å². The molecule has 0 fully saturated rings. The molecule has 0 bridgehead atoms. The first-order valence-corrected chi connectivity index (χ1v) is 9.08. The molecule has 6 nitrogen and oxygen atoms in total. The Kier molecular flexibility index (Phi) is 6.93. The second kappa shape index (κ2) is 8.94. The fourth-order valence-corrected chi connectivity index (χ4v) is 3.03. The molecule has 0 aliphatic heterocycles. The van der Waals surface area contributed by atoms with Crippen LogP contribution in [0, 0.1) is 0 Å². The highest BCUT2D eigenvalue weighted by Crippen LogP contribution is 2.19. The molecule has 1 amide bonds. The Morgan fingerprint density at radius 2 is 1.92 bits per heavy atom. The van der Waals surface area contributed by atoms with Gasteiger partial charge in [-0.3, -0.25) is 4.79 Å². The molecule has 2 rings (SSSR count). The predicted molar refractivity (Wildman–Crippen MR) is 95.4 cm³/mol. The van der Waals surface area contributed by atoms with Gasteiger partial charge in [-0.15, -0.1) is 10.2 Å². The third-order valence-electron chi connectivity index (χ3n) is 3.55. The SMILES string of the molecule is CCN(CC)C(=O)CSc1nnc(COc2ccc(Cl)cc2)n1C. The molecule has 0 spiro atoms. The lowest BCUT2D eigenvalue weighted by Gasteiger charge is -2.17. The van der Waals surface area contributed by atoms with Crippen molar-refractivity contribution in [2.24, 2.45) is 7.05 Å². The zero-order valence-electron chi connectivity index (χ0n) is 14.0. The molecule has 0 aliphatic rings. The summed E-state index contributed by atoms with van der Waals surface area (Å²) in [6.07, 6.45) is 0. The number of ether oxygens (including phenoxy) is 1. The van der Waals surface area contributed by atoms with Gasteiger partial charge in [0, 0.05) is 25.2 Å². The minimum absolute atomic E-state index is 0.104. The molecule has 0 atom stereocenters. The van der Waals surface area contributed by atoms with E-state index >= 15 is 0 Å². The Labute approximate surface area is 151 Å². The van der Waals surface area contributed by atoms with Crippen LogP contribution in [0.1, 0.15) is 19.7 Å². The molecule has 130 valence electrons. The first kappa shape index (κ1) is 18.6. The summed E-state index contributed by atoms with van der Waals surface area (Å²) < 4.78 is 7.52. The van der Waals surface area contributed by atoms with Gasteiger partial charge in [0.1, 0.15) is 12.4 Å². The average Bonchev–Trinajstić information content (AvgIpc) is 2.93. The van der Waals surface area contributed by atoms with Crippen LogP contribution in [0.25, 0.3) is 0 Å². The van der Waals surface area contributed by atoms with Crippen LogP contribution in [0.3, 0.4) is 0 Å². The van der Waals surface area contributed by atoms with Gasteiger partial charge in [0.05, 0.1) is 5.75 Å². The molecule has 1 aromatic heterocycles. The molecular weight excluding hydrogens is 348 g/mol. The Morgan fingerprint density at radius 3 is 2.54 bits per heavy atom. The number of hydrogen-bond donors (Lipinski definition) is 0. The van der Waals surface area contributed by atoms with Gasteiger partial charge in [-0.05, 0) is 38.1 Å². The van der Waals surface area contributed by atoms with Gasteiger partial charge in [-0.2, -0.15) is 0 Å². The van der Waals surface area contributed by atoms with Crippen LogP contribution >= 0.6 is 23.4 Å². The van der Waals surface area contributed by atoms with Crippen LogP contribution in [-0.2, 0) is 18.4 Å². The second-order valence-corrected chi connectivity index (χ2v) is 6.43. The number of amides is 1. The third kappa shape index (κ3) is 4.88. The van der Waals surface area contributed by atoms with Crippen LogP contribution in [0.15, 0.2) is 29.4 Å². The summed E-state index contributed by atoms with van der Waals surface area (Å²) in [5, 5.41) is 9.62. The number of aromatic nitrogens is 3. The van der Waals surface area contributed by atoms with Crippen molar-refractivity contribution in [3.8, 4) is 5.75 Å². The molecule has 0 N–H and O–H groups in total. The molecule has 0 unspecified atom stereocenters. The topological polar surface area (TPSA) is 60.3 Å². The molecule has 8 heteroatoms. The molecule has 0 saturated heterocycles. The van der Waals surface area contributed by atoms with Crippen molar-refractivity contribution in [3.05, 3.63) is 35.1 Å². The quantitative estimate of drug-likeness (QED) is 0.670. The lowest BCUT2D eigenvalue weighted by atomic mass is 10.3. The van der Waals surface area contributed by atoms with E-state index in [1.807, 2.05) is 25.5 Å². The smallest absolute Gasteiger partial charge is 0.233 e. The fourth-order valence-electron chi connectivity index (χ4n) is 2.07. The maximum Gasteiger partial charge on any atom is 0.233 e. The van der Waals surface area contributed by atoms with Crippen LogP contribution in [-0.4, -0.2) is 44.4 Å². The third-order valence-corrected chi connectivity index (χ3v) is 4.80. The van der Waals surface area contributed by atoms with E-state index in [9.17, 15) is 4.79 Å². The highest BCUT2D eigenvalue weighted by Gasteiger charge is 2.14. The maximum atomic E-state index is 12.0. The summed E-state index contributed by atoms with van der Waals surface area (Å²) >= 11 is 7.23. The van der Waals surface area contributed by atoms with Gasteiger partial charge in [-0.1, -0.05) is 23.4 Å². The number of carbonyl (C=O) groups excluding carboxylic acids is 1. The van der Waals surface area contributed by atoms with Crippen LogP contribution in [0.2, 0.25) is 5.02 Å². The summed E-state index contributed by atoms with van der Waals surface area (Å²) in [5.41, 5.74) is 0. The first-order chi connectivity index (χ1) is 11.5. The fraction of sp³-hybridized carbons (Fsp3) is 0.438.